The van der Waals surface area contributed by atoms with E-state index < -0.39 is 4.92 Å². The Kier molecular flexibility index (Phi) is 5.40. The van der Waals surface area contributed by atoms with Crippen molar-refractivity contribution in [1.82, 2.24) is 0 Å². The highest BCUT2D eigenvalue weighted by Gasteiger charge is 2.04. The van der Waals surface area contributed by atoms with Crippen molar-refractivity contribution in [3.05, 3.63) is 63.7 Å². The number of benzene rings is 2. The highest BCUT2D eigenvalue weighted by atomic mass is 35.5. The Morgan fingerprint density at radius 3 is 2.24 bits per heavy atom. The maximum Gasteiger partial charge on any atom is 0.271 e. The van der Waals surface area contributed by atoms with Crippen molar-refractivity contribution in [2.75, 3.05) is 23.7 Å². The third-order valence-electron chi connectivity index (χ3n) is 2.89. The van der Waals surface area contributed by atoms with Crippen molar-refractivity contribution in [3.8, 4) is 0 Å². The summed E-state index contributed by atoms with van der Waals surface area (Å²) in [7, 11) is 0. The molecule has 0 saturated heterocycles. The highest BCUT2D eigenvalue weighted by molar-refractivity contribution is 6.30. The number of rotatable bonds is 7. The average Bonchev–Trinajstić information content (AvgIpc) is 2.47. The molecule has 0 unspecified atom stereocenters. The van der Waals surface area contributed by atoms with Crippen molar-refractivity contribution < 1.29 is 4.92 Å². The van der Waals surface area contributed by atoms with E-state index in [0.29, 0.717) is 5.02 Å². The van der Waals surface area contributed by atoms with Gasteiger partial charge < -0.3 is 10.6 Å². The van der Waals surface area contributed by atoms with Crippen LogP contribution in [0.3, 0.4) is 0 Å². The lowest BCUT2D eigenvalue weighted by Gasteiger charge is -2.08. The van der Waals surface area contributed by atoms with Crippen LogP contribution in [0, 0.1) is 10.1 Å². The average molecular weight is 306 g/mol. The van der Waals surface area contributed by atoms with Crippen molar-refractivity contribution in [3.63, 3.8) is 0 Å². The van der Waals surface area contributed by atoms with Crippen molar-refractivity contribution >= 4 is 28.7 Å². The van der Waals surface area contributed by atoms with Gasteiger partial charge >= 0.3 is 0 Å². The van der Waals surface area contributed by atoms with Gasteiger partial charge in [0, 0.05) is 41.6 Å². The van der Waals surface area contributed by atoms with Gasteiger partial charge in [0.1, 0.15) is 0 Å². The summed E-state index contributed by atoms with van der Waals surface area (Å²) in [6, 6.07) is 14.1. The zero-order valence-electron chi connectivity index (χ0n) is 11.4. The minimum absolute atomic E-state index is 0.0945. The summed E-state index contributed by atoms with van der Waals surface area (Å²) in [4.78, 5) is 10.3. The number of non-ortho nitro benzene ring substituents is 1. The van der Waals surface area contributed by atoms with Gasteiger partial charge in [0.2, 0.25) is 0 Å². The predicted molar refractivity (Wildman–Crippen MR) is 86.1 cm³/mol. The molecule has 5 nitrogen and oxygen atoms in total. The molecule has 0 amide bonds. The van der Waals surface area contributed by atoms with Gasteiger partial charge in [-0.3, -0.25) is 10.1 Å². The Labute approximate surface area is 128 Å². The largest absolute Gasteiger partial charge is 0.385 e. The van der Waals surface area contributed by atoms with Crippen LogP contribution in [-0.2, 0) is 0 Å². The Balaban J connectivity index is 1.72. The zero-order valence-corrected chi connectivity index (χ0v) is 12.1. The van der Waals surface area contributed by atoms with Crippen LogP contribution in [0.2, 0.25) is 5.02 Å². The SMILES string of the molecule is O=[N+]([O-])c1cccc(NCCCNc2cccc(Cl)c2)c1. The van der Waals surface area contributed by atoms with Gasteiger partial charge in [-0.05, 0) is 30.7 Å². The van der Waals surface area contributed by atoms with Gasteiger partial charge in [0.05, 0.1) is 4.92 Å². The summed E-state index contributed by atoms with van der Waals surface area (Å²) >= 11 is 5.90. The third-order valence-corrected chi connectivity index (χ3v) is 3.13. The molecule has 2 aromatic carbocycles. The minimum atomic E-state index is -0.397. The smallest absolute Gasteiger partial charge is 0.271 e. The summed E-state index contributed by atoms with van der Waals surface area (Å²) in [5.74, 6) is 0. The fourth-order valence-corrected chi connectivity index (χ4v) is 2.07. The summed E-state index contributed by atoms with van der Waals surface area (Å²) in [6.45, 7) is 1.52. The first-order valence-corrected chi connectivity index (χ1v) is 7.01. The second kappa shape index (κ2) is 7.50. The molecule has 0 spiro atoms. The van der Waals surface area contributed by atoms with Crippen molar-refractivity contribution in [2.24, 2.45) is 0 Å². The first-order chi connectivity index (χ1) is 10.1. The molecule has 0 aliphatic carbocycles. The van der Waals surface area contributed by atoms with Crippen LogP contribution < -0.4 is 10.6 Å². The number of halogens is 1. The van der Waals surface area contributed by atoms with E-state index in [4.69, 9.17) is 11.6 Å². The van der Waals surface area contributed by atoms with E-state index in [0.717, 1.165) is 30.9 Å². The van der Waals surface area contributed by atoms with Crippen LogP contribution in [-0.4, -0.2) is 18.0 Å². The van der Waals surface area contributed by atoms with Crippen LogP contribution in [0.15, 0.2) is 48.5 Å². The Hall–Kier alpha value is -2.27. The van der Waals surface area contributed by atoms with Crippen molar-refractivity contribution in [1.29, 1.82) is 0 Å². The number of anilines is 2. The molecule has 0 saturated carbocycles. The Morgan fingerprint density at radius 2 is 1.62 bits per heavy atom. The fourth-order valence-electron chi connectivity index (χ4n) is 1.88. The van der Waals surface area contributed by atoms with Gasteiger partial charge in [0.25, 0.3) is 5.69 Å². The molecule has 0 radical (unpaired) electrons. The van der Waals surface area contributed by atoms with Gasteiger partial charge in [0.15, 0.2) is 0 Å². The molecule has 0 aliphatic heterocycles. The molecule has 0 fully saturated rings. The maximum atomic E-state index is 10.7. The van der Waals surface area contributed by atoms with E-state index >= 15 is 0 Å². The predicted octanol–water partition coefficient (Wildman–Crippen LogP) is 4.16. The Morgan fingerprint density at radius 1 is 1.00 bits per heavy atom. The quantitative estimate of drug-likeness (QED) is 0.458. The second-order valence-corrected chi connectivity index (χ2v) is 4.96. The molecular formula is C15H16ClN3O2. The van der Waals surface area contributed by atoms with Crippen LogP contribution in [0.4, 0.5) is 17.1 Å². The normalized spacial score (nSPS) is 10.1. The molecule has 0 aliphatic rings. The van der Waals surface area contributed by atoms with Crippen LogP contribution in [0.25, 0.3) is 0 Å². The molecule has 110 valence electrons. The first-order valence-electron chi connectivity index (χ1n) is 6.63. The fraction of sp³-hybridized carbons (Fsp3) is 0.200. The van der Waals surface area contributed by atoms with Crippen LogP contribution >= 0.6 is 11.6 Å². The van der Waals surface area contributed by atoms with Gasteiger partial charge in [-0.2, -0.15) is 0 Å². The van der Waals surface area contributed by atoms with E-state index in [2.05, 4.69) is 10.6 Å². The first kappa shape index (κ1) is 15.1. The van der Waals surface area contributed by atoms with E-state index in [-0.39, 0.29) is 5.69 Å². The molecule has 21 heavy (non-hydrogen) atoms. The Bertz CT molecular complexity index is 619. The lowest BCUT2D eigenvalue weighted by molar-refractivity contribution is -0.384. The number of hydrogen-bond donors (Lipinski definition) is 2. The molecule has 2 N–H and O–H groups in total. The third kappa shape index (κ3) is 4.96. The van der Waals surface area contributed by atoms with Gasteiger partial charge in [-0.25, -0.2) is 0 Å². The van der Waals surface area contributed by atoms with Crippen molar-refractivity contribution in [2.45, 2.75) is 6.42 Å². The standard InChI is InChI=1S/C15H16ClN3O2/c16-12-4-1-5-13(10-12)17-8-3-9-18-14-6-2-7-15(11-14)19(20)21/h1-2,4-7,10-11,17-18H,3,8-9H2. The lowest BCUT2D eigenvalue weighted by atomic mass is 10.2. The highest BCUT2D eigenvalue weighted by Crippen LogP contribution is 2.17. The molecule has 0 aromatic heterocycles. The number of nitrogens with one attached hydrogen (secondary N) is 2. The molecule has 2 aromatic rings. The van der Waals surface area contributed by atoms with E-state index in [1.807, 2.05) is 30.3 Å². The van der Waals surface area contributed by atoms with E-state index in [9.17, 15) is 10.1 Å². The lowest BCUT2D eigenvalue weighted by Crippen LogP contribution is -2.09. The summed E-state index contributed by atoms with van der Waals surface area (Å²) in [5, 5.41) is 17.8. The van der Waals surface area contributed by atoms with E-state index in [1.54, 1.807) is 6.07 Å². The minimum Gasteiger partial charge on any atom is -0.385 e. The molecule has 2 rings (SSSR count). The number of hydrogen-bond acceptors (Lipinski definition) is 4. The summed E-state index contributed by atoms with van der Waals surface area (Å²) in [5.41, 5.74) is 1.84. The van der Waals surface area contributed by atoms with Gasteiger partial charge in [-0.15, -0.1) is 0 Å². The van der Waals surface area contributed by atoms with E-state index in [1.165, 1.54) is 12.1 Å². The molecule has 0 atom stereocenters. The number of nitro benzene ring substituents is 1. The molecule has 0 bridgehead atoms. The van der Waals surface area contributed by atoms with Crippen LogP contribution in [0.1, 0.15) is 6.42 Å². The monoisotopic (exact) mass is 305 g/mol. The van der Waals surface area contributed by atoms with Crippen LogP contribution in [0.5, 0.6) is 0 Å². The number of nitro groups is 1. The number of nitrogens with zero attached hydrogens (tertiary/aromatic N) is 1. The molecule has 6 heteroatoms. The molecule has 0 heterocycles. The summed E-state index contributed by atoms with van der Waals surface area (Å²) < 4.78 is 0. The van der Waals surface area contributed by atoms with Gasteiger partial charge in [-0.1, -0.05) is 23.7 Å². The molecular weight excluding hydrogens is 290 g/mol. The second-order valence-electron chi connectivity index (χ2n) is 4.52. The zero-order chi connectivity index (χ0) is 15.1. The topological polar surface area (TPSA) is 67.2 Å². The maximum absolute atomic E-state index is 10.7. The summed E-state index contributed by atoms with van der Waals surface area (Å²) in [6.07, 6.45) is 0.884.